The molecule has 0 spiro atoms. The largest absolute Gasteiger partial charge is 0.480 e. The molecule has 0 aromatic heterocycles. The van der Waals surface area contributed by atoms with Gasteiger partial charge in [0, 0.05) is 18.0 Å². The van der Waals surface area contributed by atoms with Crippen molar-refractivity contribution < 1.29 is 9.90 Å². The van der Waals surface area contributed by atoms with Crippen molar-refractivity contribution in [3.05, 3.63) is 48.0 Å². The third-order valence-electron chi connectivity index (χ3n) is 4.47. The second kappa shape index (κ2) is 4.82. The van der Waals surface area contributed by atoms with Gasteiger partial charge in [-0.25, -0.2) is 0 Å². The normalized spacial score (nSPS) is 31.3. The van der Waals surface area contributed by atoms with Gasteiger partial charge in [-0.3, -0.25) is 9.69 Å². The number of aliphatic carboxylic acids is 1. The van der Waals surface area contributed by atoms with Gasteiger partial charge in [-0.2, -0.15) is 0 Å². The Morgan fingerprint density at radius 1 is 1.26 bits per heavy atom. The summed E-state index contributed by atoms with van der Waals surface area (Å²) in [6.07, 6.45) is 6.35. The molecule has 100 valence electrons. The monoisotopic (exact) mass is 257 g/mol. The van der Waals surface area contributed by atoms with Crippen LogP contribution in [0, 0.1) is 5.92 Å². The van der Waals surface area contributed by atoms with Crippen molar-refractivity contribution in [1.82, 2.24) is 4.90 Å². The van der Waals surface area contributed by atoms with Gasteiger partial charge in [0.25, 0.3) is 0 Å². The summed E-state index contributed by atoms with van der Waals surface area (Å²) in [5.41, 5.74) is 1.19. The van der Waals surface area contributed by atoms with Gasteiger partial charge in [0.15, 0.2) is 0 Å². The van der Waals surface area contributed by atoms with Crippen molar-refractivity contribution in [2.75, 3.05) is 0 Å². The Bertz CT molecular complexity index is 497. The highest BCUT2D eigenvalue weighted by Gasteiger charge is 2.44. The molecule has 3 heteroatoms. The van der Waals surface area contributed by atoms with Gasteiger partial charge in [0.1, 0.15) is 6.04 Å². The van der Waals surface area contributed by atoms with Gasteiger partial charge < -0.3 is 5.11 Å². The van der Waals surface area contributed by atoms with Crippen LogP contribution in [-0.2, 0) is 4.79 Å². The zero-order chi connectivity index (χ0) is 13.4. The lowest BCUT2D eigenvalue weighted by atomic mass is 9.78. The zero-order valence-corrected chi connectivity index (χ0v) is 11.1. The molecule has 0 radical (unpaired) electrons. The van der Waals surface area contributed by atoms with E-state index in [9.17, 15) is 9.90 Å². The Hall–Kier alpha value is -1.61. The third-order valence-corrected chi connectivity index (χ3v) is 4.47. The number of hydrogen-bond donors (Lipinski definition) is 1. The molecule has 1 N–H and O–H groups in total. The molecule has 1 unspecified atom stereocenters. The first-order valence-electron chi connectivity index (χ1n) is 6.92. The molecule has 2 heterocycles. The smallest absolute Gasteiger partial charge is 0.321 e. The van der Waals surface area contributed by atoms with Crippen LogP contribution < -0.4 is 0 Å². The molecule has 4 rings (SSSR count). The van der Waals surface area contributed by atoms with Crippen molar-refractivity contribution in [1.29, 1.82) is 0 Å². The molecule has 2 bridgehead atoms. The third kappa shape index (κ3) is 2.08. The summed E-state index contributed by atoms with van der Waals surface area (Å²) in [7, 11) is 0. The second-order valence-corrected chi connectivity index (χ2v) is 5.51. The van der Waals surface area contributed by atoms with Gasteiger partial charge in [-0.05, 0) is 25.3 Å². The van der Waals surface area contributed by atoms with Crippen molar-refractivity contribution in [2.45, 2.75) is 37.9 Å². The highest BCUT2D eigenvalue weighted by molar-refractivity contribution is 5.75. The number of benzene rings is 1. The van der Waals surface area contributed by atoms with E-state index in [0.717, 1.165) is 12.8 Å². The molecular weight excluding hydrogens is 238 g/mol. The minimum atomic E-state index is -0.693. The number of carboxylic acid groups (broad SMARTS) is 1. The summed E-state index contributed by atoms with van der Waals surface area (Å²) < 4.78 is 0. The summed E-state index contributed by atoms with van der Waals surface area (Å²) in [4.78, 5) is 13.8. The molecule has 1 aromatic rings. The van der Waals surface area contributed by atoms with Crippen LogP contribution in [0.25, 0.3) is 0 Å². The predicted molar refractivity (Wildman–Crippen MR) is 73.8 cm³/mol. The maximum absolute atomic E-state index is 11.6. The van der Waals surface area contributed by atoms with Crippen LogP contribution in [0.3, 0.4) is 0 Å². The Balaban J connectivity index is 1.94. The fraction of sp³-hybridized carbons (Fsp3) is 0.438. The van der Waals surface area contributed by atoms with Crippen molar-refractivity contribution in [3.63, 3.8) is 0 Å². The van der Waals surface area contributed by atoms with Gasteiger partial charge in [0.05, 0.1) is 0 Å². The molecule has 3 aliphatic rings. The summed E-state index contributed by atoms with van der Waals surface area (Å²) in [6, 6.07) is 10.2. The maximum Gasteiger partial charge on any atom is 0.321 e. The zero-order valence-electron chi connectivity index (χ0n) is 11.1. The quantitative estimate of drug-likeness (QED) is 0.846. The fourth-order valence-corrected chi connectivity index (χ4v) is 3.51. The van der Waals surface area contributed by atoms with Gasteiger partial charge in [-0.1, -0.05) is 42.5 Å². The Morgan fingerprint density at radius 2 is 2.00 bits per heavy atom. The van der Waals surface area contributed by atoms with Crippen LogP contribution in [0.2, 0.25) is 0 Å². The molecule has 3 nitrogen and oxygen atoms in total. The molecule has 0 amide bonds. The van der Waals surface area contributed by atoms with E-state index in [2.05, 4.69) is 36.1 Å². The summed E-state index contributed by atoms with van der Waals surface area (Å²) in [6.45, 7) is 2.11. The highest BCUT2D eigenvalue weighted by atomic mass is 16.4. The molecule has 1 fully saturated rings. The average Bonchev–Trinajstić information content (AvgIpc) is 2.47. The summed E-state index contributed by atoms with van der Waals surface area (Å²) >= 11 is 0. The number of carboxylic acids is 1. The molecule has 4 atom stereocenters. The molecule has 19 heavy (non-hydrogen) atoms. The Kier molecular flexibility index (Phi) is 3.15. The minimum Gasteiger partial charge on any atom is -0.480 e. The Labute approximate surface area is 113 Å². The topological polar surface area (TPSA) is 40.5 Å². The minimum absolute atomic E-state index is 0.139. The van der Waals surface area contributed by atoms with Crippen molar-refractivity contribution >= 4 is 5.97 Å². The molecule has 1 aliphatic carbocycles. The molecule has 1 aromatic carbocycles. The van der Waals surface area contributed by atoms with E-state index in [4.69, 9.17) is 0 Å². The van der Waals surface area contributed by atoms with Crippen LogP contribution in [0.1, 0.15) is 31.4 Å². The van der Waals surface area contributed by atoms with Crippen molar-refractivity contribution in [2.24, 2.45) is 5.92 Å². The number of nitrogens with zero attached hydrogens (tertiary/aromatic N) is 1. The molecule has 0 saturated carbocycles. The van der Waals surface area contributed by atoms with E-state index >= 15 is 0 Å². The lowest BCUT2D eigenvalue weighted by Crippen LogP contribution is -2.56. The lowest BCUT2D eigenvalue weighted by Gasteiger charge is -2.49. The molecule has 2 aliphatic heterocycles. The second-order valence-electron chi connectivity index (χ2n) is 5.51. The van der Waals surface area contributed by atoms with E-state index in [-0.39, 0.29) is 24.0 Å². The van der Waals surface area contributed by atoms with E-state index in [1.807, 2.05) is 18.2 Å². The van der Waals surface area contributed by atoms with Crippen LogP contribution in [-0.4, -0.2) is 28.1 Å². The van der Waals surface area contributed by atoms with Crippen molar-refractivity contribution in [3.8, 4) is 0 Å². The first kappa shape index (κ1) is 12.4. The lowest BCUT2D eigenvalue weighted by molar-refractivity contribution is -0.149. The number of rotatable bonds is 3. The SMILES string of the molecule is CC(c1ccccc1)N1[C@@H]2C=C[C@@H](CC2)[C@H]1C(=O)O. The van der Waals surface area contributed by atoms with Crippen LogP contribution in [0.15, 0.2) is 42.5 Å². The van der Waals surface area contributed by atoms with Gasteiger partial charge in [0.2, 0.25) is 0 Å². The molecule has 1 saturated heterocycles. The van der Waals surface area contributed by atoms with Crippen LogP contribution in [0.4, 0.5) is 0 Å². The first-order chi connectivity index (χ1) is 9.18. The number of fused-ring (bicyclic) bond motifs is 2. The Morgan fingerprint density at radius 3 is 2.58 bits per heavy atom. The maximum atomic E-state index is 11.6. The fourth-order valence-electron chi connectivity index (χ4n) is 3.51. The van der Waals surface area contributed by atoms with Gasteiger partial charge in [-0.15, -0.1) is 0 Å². The number of carbonyl (C=O) groups is 1. The predicted octanol–water partition coefficient (Wildman–Crippen LogP) is 2.85. The van der Waals surface area contributed by atoms with E-state index < -0.39 is 5.97 Å². The van der Waals surface area contributed by atoms with Crippen LogP contribution >= 0.6 is 0 Å². The first-order valence-corrected chi connectivity index (χ1v) is 6.92. The average molecular weight is 257 g/mol. The van der Waals surface area contributed by atoms with E-state index in [1.165, 1.54) is 5.56 Å². The van der Waals surface area contributed by atoms with Crippen LogP contribution in [0.5, 0.6) is 0 Å². The van der Waals surface area contributed by atoms with E-state index in [0.29, 0.717) is 0 Å². The number of piperidine rings is 1. The molecular formula is C16H19NO2. The van der Waals surface area contributed by atoms with Gasteiger partial charge >= 0.3 is 5.97 Å². The summed E-state index contributed by atoms with van der Waals surface area (Å²) in [5.74, 6) is -0.532. The standard InChI is InChI=1S/C16H19NO2/c1-11(12-5-3-2-4-6-12)17-14-9-7-13(8-10-14)15(17)16(18)19/h2-7,9,11,13-15H,8,10H2,1H3,(H,18,19)/t11?,13-,14+,15-/m0/s1. The number of hydrogen-bond acceptors (Lipinski definition) is 2. The summed E-state index contributed by atoms with van der Waals surface area (Å²) in [5, 5.41) is 9.55. The van der Waals surface area contributed by atoms with E-state index in [1.54, 1.807) is 0 Å². The highest BCUT2D eigenvalue weighted by Crippen LogP contribution is 2.40.